The summed E-state index contributed by atoms with van der Waals surface area (Å²) in [5.74, 6) is -0.599. The molecule has 4 atom stereocenters. The van der Waals surface area contributed by atoms with E-state index >= 15 is 0 Å². The molecule has 4 unspecified atom stereocenters. The van der Waals surface area contributed by atoms with Crippen molar-refractivity contribution in [2.24, 2.45) is 0 Å². The minimum absolute atomic E-state index is 0.355. The van der Waals surface area contributed by atoms with Crippen LogP contribution >= 0.6 is 0 Å². The van der Waals surface area contributed by atoms with Crippen molar-refractivity contribution in [1.82, 2.24) is 5.32 Å². The van der Waals surface area contributed by atoms with Crippen LogP contribution in [0.4, 0.5) is 0 Å². The zero-order valence-electron chi connectivity index (χ0n) is 48.2. The maximum absolute atomic E-state index is 12.6. The van der Waals surface area contributed by atoms with Crippen LogP contribution in [0.5, 0.6) is 0 Å². The first-order valence-electron chi connectivity index (χ1n) is 32.0. The quantitative estimate of drug-likeness (QED) is 0.0308. The SMILES string of the molecule is CCCCCCCCCCCCCC/C=C\CCCCCCCCCCC(O)C(=O)NC(CO)C(O)C(O)CCC/C=C/CC/C=C/CC/C=C/CCCCCCCCCCCCCCCCCCCCC. The van der Waals surface area contributed by atoms with Crippen molar-refractivity contribution in [3.63, 3.8) is 0 Å². The van der Waals surface area contributed by atoms with E-state index in [0.717, 1.165) is 51.4 Å². The van der Waals surface area contributed by atoms with Crippen molar-refractivity contribution in [2.75, 3.05) is 6.61 Å². The summed E-state index contributed by atoms with van der Waals surface area (Å²) >= 11 is 0. The number of nitrogens with one attached hydrogen (secondary N) is 1. The summed E-state index contributed by atoms with van der Waals surface area (Å²) in [7, 11) is 0. The highest BCUT2D eigenvalue weighted by Crippen LogP contribution is 2.18. The van der Waals surface area contributed by atoms with Crippen LogP contribution in [0, 0.1) is 0 Å². The molecule has 0 aliphatic carbocycles. The van der Waals surface area contributed by atoms with E-state index in [4.69, 9.17) is 0 Å². The fourth-order valence-corrected chi connectivity index (χ4v) is 9.96. The van der Waals surface area contributed by atoms with Gasteiger partial charge in [0.1, 0.15) is 12.2 Å². The third-order valence-electron chi connectivity index (χ3n) is 15.0. The Morgan fingerprint density at radius 1 is 0.333 bits per heavy atom. The lowest BCUT2D eigenvalue weighted by molar-refractivity contribution is -0.132. The summed E-state index contributed by atoms with van der Waals surface area (Å²) in [4.78, 5) is 12.6. The topological polar surface area (TPSA) is 110 Å². The largest absolute Gasteiger partial charge is 0.394 e. The third-order valence-corrected chi connectivity index (χ3v) is 15.0. The second-order valence-corrected chi connectivity index (χ2v) is 22.1. The van der Waals surface area contributed by atoms with E-state index in [0.29, 0.717) is 19.3 Å². The molecule has 0 aromatic carbocycles. The number of aliphatic hydroxyl groups excluding tert-OH is 4. The molecule has 5 N–H and O–H groups in total. The number of unbranched alkanes of at least 4 members (excludes halogenated alkanes) is 42. The number of carbonyl (C=O) groups is 1. The van der Waals surface area contributed by atoms with Crippen molar-refractivity contribution in [1.29, 1.82) is 0 Å². The molecule has 6 heteroatoms. The van der Waals surface area contributed by atoms with Gasteiger partial charge < -0.3 is 25.7 Å². The van der Waals surface area contributed by atoms with E-state index < -0.39 is 36.9 Å². The molecule has 6 nitrogen and oxygen atoms in total. The van der Waals surface area contributed by atoms with Crippen LogP contribution in [0.25, 0.3) is 0 Å². The predicted molar refractivity (Wildman–Crippen MR) is 316 cm³/mol. The van der Waals surface area contributed by atoms with Gasteiger partial charge in [-0.15, -0.1) is 0 Å². The van der Waals surface area contributed by atoms with Gasteiger partial charge >= 0.3 is 0 Å². The first-order valence-corrected chi connectivity index (χ1v) is 32.0. The lowest BCUT2D eigenvalue weighted by Crippen LogP contribution is -2.53. The van der Waals surface area contributed by atoms with Gasteiger partial charge in [0.2, 0.25) is 5.91 Å². The smallest absolute Gasteiger partial charge is 0.249 e. The minimum atomic E-state index is -1.30. The molecule has 1 amide bonds. The molecule has 0 radical (unpaired) electrons. The standard InChI is InChI=1S/C66H125NO5/c1-3-5-7-9-11-13-15-17-19-21-23-25-27-29-30-31-32-33-34-35-36-38-39-41-43-45-47-49-51-53-55-57-59-63(69)65(71)62(61-68)67-66(72)64(70)60-58-56-54-52-50-48-46-44-42-40-37-28-26-24-22-20-18-16-14-12-10-8-6-4-2/h36-38,40,43,45,51,53,62-65,68-71H,3-35,39,41-42,44,46-50,52,54-61H2,1-2H3,(H,67,72)/b38-36+,40-37-,45-43+,53-51+. The normalized spacial score (nSPS) is 13.9. The number of hydrogen-bond acceptors (Lipinski definition) is 5. The van der Waals surface area contributed by atoms with Gasteiger partial charge in [-0.1, -0.05) is 294 Å². The molecule has 424 valence electrons. The van der Waals surface area contributed by atoms with E-state index in [1.807, 2.05) is 0 Å². The average Bonchev–Trinajstić information content (AvgIpc) is 3.39. The molecule has 0 heterocycles. The fourth-order valence-electron chi connectivity index (χ4n) is 9.96. The summed E-state index contributed by atoms with van der Waals surface area (Å²) in [5.41, 5.74) is 0. The molecule has 72 heavy (non-hydrogen) atoms. The third kappa shape index (κ3) is 53.1. The highest BCUT2D eigenvalue weighted by molar-refractivity contribution is 5.80. The van der Waals surface area contributed by atoms with Gasteiger partial charge in [-0.3, -0.25) is 4.79 Å². The maximum Gasteiger partial charge on any atom is 0.249 e. The lowest BCUT2D eigenvalue weighted by Gasteiger charge is -2.27. The Labute approximate surface area is 449 Å². The zero-order chi connectivity index (χ0) is 52.3. The van der Waals surface area contributed by atoms with Crippen LogP contribution in [-0.4, -0.2) is 57.3 Å². The number of rotatable bonds is 59. The monoisotopic (exact) mass is 1010 g/mol. The van der Waals surface area contributed by atoms with Crippen LogP contribution in [0.2, 0.25) is 0 Å². The maximum atomic E-state index is 12.6. The molecule has 0 saturated carbocycles. The molecule has 0 aromatic rings. The van der Waals surface area contributed by atoms with Gasteiger partial charge in [0.15, 0.2) is 0 Å². The molecule has 0 rings (SSSR count). The zero-order valence-corrected chi connectivity index (χ0v) is 48.2. The highest BCUT2D eigenvalue weighted by Gasteiger charge is 2.28. The average molecular weight is 1010 g/mol. The summed E-state index contributed by atoms with van der Waals surface area (Å²) in [5, 5.41) is 44.1. The van der Waals surface area contributed by atoms with E-state index in [-0.39, 0.29) is 0 Å². The summed E-state index contributed by atoms with van der Waals surface area (Å²) < 4.78 is 0. The molecule has 0 bridgehead atoms. The number of carbonyl (C=O) groups excluding carboxylic acids is 1. The second kappa shape index (κ2) is 60.1. The number of hydrogen-bond donors (Lipinski definition) is 5. The molecule has 0 saturated heterocycles. The van der Waals surface area contributed by atoms with Gasteiger partial charge in [-0.2, -0.15) is 0 Å². The first kappa shape index (κ1) is 70.3. The van der Waals surface area contributed by atoms with Crippen molar-refractivity contribution in [3.8, 4) is 0 Å². The number of aliphatic hydroxyl groups is 4. The summed E-state index contributed by atoms with van der Waals surface area (Å²) in [6, 6.07) is -1.02. The Balaban J connectivity index is 3.66. The Kier molecular flexibility index (Phi) is 58.7. The summed E-state index contributed by atoms with van der Waals surface area (Å²) in [6.07, 6.45) is 77.9. The minimum Gasteiger partial charge on any atom is -0.394 e. The Morgan fingerprint density at radius 3 is 0.875 bits per heavy atom. The predicted octanol–water partition coefficient (Wildman–Crippen LogP) is 19.3. The Morgan fingerprint density at radius 2 is 0.583 bits per heavy atom. The lowest BCUT2D eigenvalue weighted by atomic mass is 10.00. The molecular formula is C66H125NO5. The molecule has 0 aliphatic heterocycles. The molecule has 0 spiro atoms. The second-order valence-electron chi connectivity index (χ2n) is 22.1. The molecule has 0 fully saturated rings. The fraction of sp³-hybridized carbons (Fsp3) is 0.864. The van der Waals surface area contributed by atoms with Gasteiger partial charge in [0.25, 0.3) is 0 Å². The first-order chi connectivity index (χ1) is 35.5. The van der Waals surface area contributed by atoms with Crippen LogP contribution in [0.1, 0.15) is 335 Å². The van der Waals surface area contributed by atoms with Crippen molar-refractivity contribution >= 4 is 5.91 Å². The van der Waals surface area contributed by atoms with Crippen molar-refractivity contribution in [3.05, 3.63) is 48.6 Å². The van der Waals surface area contributed by atoms with E-state index in [1.54, 1.807) is 0 Å². The Hall–Kier alpha value is -1.73. The van der Waals surface area contributed by atoms with E-state index in [2.05, 4.69) is 67.8 Å². The molecule has 0 aromatic heterocycles. The van der Waals surface area contributed by atoms with Crippen LogP contribution in [0.3, 0.4) is 0 Å². The number of allylic oxidation sites excluding steroid dienone is 8. The summed E-state index contributed by atoms with van der Waals surface area (Å²) in [6.45, 7) is 4.08. The van der Waals surface area contributed by atoms with Crippen LogP contribution < -0.4 is 5.32 Å². The van der Waals surface area contributed by atoms with Crippen molar-refractivity contribution in [2.45, 2.75) is 359 Å². The van der Waals surface area contributed by atoms with Gasteiger partial charge in [-0.05, 0) is 89.9 Å². The molecular weight excluding hydrogens is 887 g/mol. The van der Waals surface area contributed by atoms with Gasteiger partial charge in [0.05, 0.1) is 18.8 Å². The van der Waals surface area contributed by atoms with E-state index in [1.165, 1.54) is 250 Å². The van der Waals surface area contributed by atoms with Gasteiger partial charge in [-0.25, -0.2) is 0 Å². The molecule has 0 aliphatic rings. The van der Waals surface area contributed by atoms with Gasteiger partial charge in [0, 0.05) is 0 Å². The van der Waals surface area contributed by atoms with Crippen molar-refractivity contribution < 1.29 is 25.2 Å². The Bertz CT molecular complexity index is 1180. The van der Waals surface area contributed by atoms with E-state index in [9.17, 15) is 25.2 Å². The van der Waals surface area contributed by atoms with Crippen LogP contribution in [0.15, 0.2) is 48.6 Å². The highest BCUT2D eigenvalue weighted by atomic mass is 16.3. The van der Waals surface area contributed by atoms with Crippen LogP contribution in [-0.2, 0) is 4.79 Å². The number of amides is 1.